The van der Waals surface area contributed by atoms with Crippen LogP contribution in [0.1, 0.15) is 12.0 Å². The molecule has 1 aliphatic heterocycles. The zero-order chi connectivity index (χ0) is 13.2. The summed E-state index contributed by atoms with van der Waals surface area (Å²) in [6, 6.07) is 9.12. The van der Waals surface area contributed by atoms with Gasteiger partial charge >= 0.3 is 0 Å². The Morgan fingerprint density at radius 3 is 2.44 bits per heavy atom. The maximum atomic E-state index is 11.9. The van der Waals surface area contributed by atoms with E-state index in [-0.39, 0.29) is 24.5 Å². The van der Waals surface area contributed by atoms with E-state index in [1.54, 1.807) is 0 Å². The van der Waals surface area contributed by atoms with E-state index in [0.717, 1.165) is 5.56 Å². The average Bonchev–Trinajstić information content (AvgIpc) is 2.69. The summed E-state index contributed by atoms with van der Waals surface area (Å²) < 4.78 is 48.8. The van der Waals surface area contributed by atoms with Crippen LogP contribution in [0.4, 0.5) is 0 Å². The topological polar surface area (TPSA) is 80.3 Å². The third-order valence-corrected chi connectivity index (χ3v) is 6.76. The first-order chi connectivity index (χ1) is 8.39. The molecule has 0 bridgehead atoms. The van der Waals surface area contributed by atoms with Crippen LogP contribution in [0.15, 0.2) is 30.3 Å². The summed E-state index contributed by atoms with van der Waals surface area (Å²) in [6.45, 7) is 0.194. The lowest BCUT2D eigenvalue weighted by atomic mass is 10.2. The fourth-order valence-electron chi connectivity index (χ4n) is 1.90. The van der Waals surface area contributed by atoms with E-state index in [0.29, 0.717) is 0 Å². The van der Waals surface area contributed by atoms with Gasteiger partial charge in [-0.2, -0.15) is 0 Å². The first-order valence-corrected chi connectivity index (χ1v) is 8.99. The third-order valence-electron chi connectivity index (χ3n) is 2.95. The maximum Gasteiger partial charge on any atom is 0.215 e. The molecule has 1 aliphatic rings. The Balaban J connectivity index is 2.01. The molecule has 0 unspecified atom stereocenters. The summed E-state index contributed by atoms with van der Waals surface area (Å²) in [5.41, 5.74) is 0.849. The highest BCUT2D eigenvalue weighted by atomic mass is 32.2. The van der Waals surface area contributed by atoms with Crippen LogP contribution in [0.3, 0.4) is 0 Å². The molecule has 0 aromatic heterocycles. The normalized spacial score (nSPS) is 23.0. The van der Waals surface area contributed by atoms with Gasteiger partial charge in [-0.15, -0.1) is 0 Å². The van der Waals surface area contributed by atoms with E-state index in [2.05, 4.69) is 4.72 Å². The average molecular weight is 289 g/mol. The summed E-state index contributed by atoms with van der Waals surface area (Å²) in [5.74, 6) is -0.305. The van der Waals surface area contributed by atoms with Crippen molar-refractivity contribution in [2.75, 3.05) is 11.5 Å². The number of hydrogen-bond acceptors (Lipinski definition) is 4. The third kappa shape index (κ3) is 3.30. The van der Waals surface area contributed by atoms with Gasteiger partial charge in [0.15, 0.2) is 9.84 Å². The van der Waals surface area contributed by atoms with Crippen LogP contribution < -0.4 is 4.72 Å². The molecule has 18 heavy (non-hydrogen) atoms. The molecule has 7 heteroatoms. The van der Waals surface area contributed by atoms with Crippen molar-refractivity contribution < 1.29 is 16.8 Å². The molecule has 1 saturated heterocycles. The Morgan fingerprint density at radius 2 is 1.89 bits per heavy atom. The molecule has 0 saturated carbocycles. The van der Waals surface area contributed by atoms with Gasteiger partial charge in [0.1, 0.15) is 0 Å². The van der Waals surface area contributed by atoms with Crippen molar-refractivity contribution in [2.45, 2.75) is 18.2 Å². The zero-order valence-corrected chi connectivity index (χ0v) is 11.4. The second kappa shape index (κ2) is 4.99. The van der Waals surface area contributed by atoms with Gasteiger partial charge in [0.05, 0.1) is 16.8 Å². The number of nitrogens with one attached hydrogen (secondary N) is 1. The number of hydrogen-bond donors (Lipinski definition) is 1. The van der Waals surface area contributed by atoms with E-state index < -0.39 is 25.1 Å². The summed E-state index contributed by atoms with van der Waals surface area (Å²) in [4.78, 5) is 0. The SMILES string of the molecule is O=S1(=O)CC[C@@H](S(=O)(=O)NCc2ccccc2)C1. The molecule has 1 fully saturated rings. The molecule has 100 valence electrons. The molecule has 0 spiro atoms. The lowest BCUT2D eigenvalue weighted by molar-refractivity contribution is 0.568. The monoisotopic (exact) mass is 289 g/mol. The first kappa shape index (κ1) is 13.5. The van der Waals surface area contributed by atoms with E-state index in [1.807, 2.05) is 30.3 Å². The molecule has 1 heterocycles. The van der Waals surface area contributed by atoms with Crippen LogP contribution >= 0.6 is 0 Å². The maximum absolute atomic E-state index is 11.9. The first-order valence-electron chi connectivity index (χ1n) is 5.62. The smallest absolute Gasteiger partial charge is 0.215 e. The Bertz CT molecular complexity index is 608. The molecule has 1 aromatic rings. The predicted octanol–water partition coefficient (Wildman–Crippen LogP) is 0.293. The van der Waals surface area contributed by atoms with Crippen molar-refractivity contribution in [3.05, 3.63) is 35.9 Å². The molecule has 0 radical (unpaired) electrons. The minimum atomic E-state index is -3.56. The molecular formula is C11H15NO4S2. The van der Waals surface area contributed by atoms with Gasteiger partial charge in [-0.3, -0.25) is 0 Å². The van der Waals surface area contributed by atoms with Crippen molar-refractivity contribution in [3.63, 3.8) is 0 Å². The predicted molar refractivity (Wildman–Crippen MR) is 69.3 cm³/mol. The lowest BCUT2D eigenvalue weighted by Gasteiger charge is -2.11. The highest BCUT2D eigenvalue weighted by Crippen LogP contribution is 2.18. The van der Waals surface area contributed by atoms with E-state index in [1.165, 1.54) is 0 Å². The fourth-order valence-corrected chi connectivity index (χ4v) is 5.97. The Hall–Kier alpha value is -0.920. The molecule has 2 rings (SSSR count). The van der Waals surface area contributed by atoms with Crippen molar-refractivity contribution >= 4 is 19.9 Å². The van der Waals surface area contributed by atoms with Crippen molar-refractivity contribution in [2.24, 2.45) is 0 Å². The van der Waals surface area contributed by atoms with Gasteiger partial charge in [-0.25, -0.2) is 21.6 Å². The van der Waals surface area contributed by atoms with Crippen LogP contribution in [0.5, 0.6) is 0 Å². The largest absolute Gasteiger partial charge is 0.229 e. The van der Waals surface area contributed by atoms with E-state index in [4.69, 9.17) is 0 Å². The molecular weight excluding hydrogens is 274 g/mol. The number of rotatable bonds is 4. The van der Waals surface area contributed by atoms with Gasteiger partial charge in [-0.05, 0) is 12.0 Å². The van der Waals surface area contributed by atoms with Crippen LogP contribution in [-0.4, -0.2) is 33.6 Å². The highest BCUT2D eigenvalue weighted by Gasteiger charge is 2.36. The summed E-state index contributed by atoms with van der Waals surface area (Å²) in [5, 5.41) is -0.814. The number of sulfone groups is 1. The molecule has 0 amide bonds. The molecule has 0 aliphatic carbocycles. The minimum Gasteiger partial charge on any atom is -0.229 e. The van der Waals surface area contributed by atoms with Gasteiger partial charge in [-0.1, -0.05) is 30.3 Å². The number of sulfonamides is 1. The quantitative estimate of drug-likeness (QED) is 0.864. The van der Waals surface area contributed by atoms with E-state index >= 15 is 0 Å². The van der Waals surface area contributed by atoms with Crippen molar-refractivity contribution in [3.8, 4) is 0 Å². The van der Waals surface area contributed by atoms with Crippen LogP contribution in [0.2, 0.25) is 0 Å². The molecule has 5 nitrogen and oxygen atoms in total. The van der Waals surface area contributed by atoms with Crippen LogP contribution in [0.25, 0.3) is 0 Å². The minimum absolute atomic E-state index is 0.0378. The Labute approximate surface area is 107 Å². The summed E-state index contributed by atoms with van der Waals surface area (Å²) in [7, 11) is -6.74. The summed E-state index contributed by atoms with van der Waals surface area (Å²) in [6.07, 6.45) is 0.187. The summed E-state index contributed by atoms with van der Waals surface area (Å²) >= 11 is 0. The van der Waals surface area contributed by atoms with Crippen LogP contribution in [0, 0.1) is 0 Å². The van der Waals surface area contributed by atoms with Crippen LogP contribution in [-0.2, 0) is 26.4 Å². The van der Waals surface area contributed by atoms with Gasteiger partial charge in [0.2, 0.25) is 10.0 Å². The Morgan fingerprint density at radius 1 is 1.22 bits per heavy atom. The molecule has 1 atom stereocenters. The van der Waals surface area contributed by atoms with Crippen molar-refractivity contribution in [1.29, 1.82) is 0 Å². The fraction of sp³-hybridized carbons (Fsp3) is 0.455. The highest BCUT2D eigenvalue weighted by molar-refractivity contribution is 7.95. The second-order valence-corrected chi connectivity index (χ2v) is 8.65. The van der Waals surface area contributed by atoms with E-state index in [9.17, 15) is 16.8 Å². The Kier molecular flexibility index (Phi) is 3.74. The second-order valence-electron chi connectivity index (χ2n) is 4.38. The van der Waals surface area contributed by atoms with Gasteiger partial charge in [0.25, 0.3) is 0 Å². The number of benzene rings is 1. The lowest BCUT2D eigenvalue weighted by Crippen LogP contribution is -2.34. The molecule has 1 aromatic carbocycles. The zero-order valence-electron chi connectivity index (χ0n) is 9.74. The standard InChI is InChI=1S/C11H15NO4S2/c13-17(14)7-6-11(9-17)18(15,16)12-8-10-4-2-1-3-5-10/h1-5,11-12H,6-9H2/t11-/m1/s1. The van der Waals surface area contributed by atoms with Gasteiger partial charge in [0, 0.05) is 6.54 Å². The molecule has 1 N–H and O–H groups in total. The van der Waals surface area contributed by atoms with Crippen molar-refractivity contribution in [1.82, 2.24) is 4.72 Å². The van der Waals surface area contributed by atoms with Gasteiger partial charge < -0.3 is 0 Å².